The molecule has 9 nitrogen and oxygen atoms in total. The van der Waals surface area contributed by atoms with E-state index < -0.39 is 10.5 Å². The molecule has 0 aliphatic rings. The summed E-state index contributed by atoms with van der Waals surface area (Å²) in [7, 11) is 0. The number of nitrogens with zero attached hydrogens (tertiary/aromatic N) is 4. The molecule has 1 N–H and O–H groups in total. The van der Waals surface area contributed by atoms with Crippen molar-refractivity contribution in [3.8, 4) is 6.07 Å². The second-order valence-electron chi connectivity index (χ2n) is 9.15. The van der Waals surface area contributed by atoms with Gasteiger partial charge in [0.25, 0.3) is 5.69 Å². The van der Waals surface area contributed by atoms with Crippen LogP contribution in [0, 0.1) is 21.4 Å². The minimum Gasteiger partial charge on any atom is -0.422 e. The van der Waals surface area contributed by atoms with Gasteiger partial charge in [0, 0.05) is 60.2 Å². The van der Waals surface area contributed by atoms with Crippen LogP contribution in [0.25, 0.3) is 22.6 Å². The lowest BCUT2D eigenvalue weighted by molar-refractivity contribution is -0.698. The highest BCUT2D eigenvalue weighted by atomic mass is 79.9. The van der Waals surface area contributed by atoms with Gasteiger partial charge in [0.2, 0.25) is 0 Å². The number of rotatable bonds is 14. The number of hydrogen-bond acceptors (Lipinski definition) is 8. The van der Waals surface area contributed by atoms with Crippen LogP contribution in [0.4, 0.5) is 11.4 Å². The van der Waals surface area contributed by atoms with E-state index in [4.69, 9.17) is 9.52 Å². The summed E-state index contributed by atoms with van der Waals surface area (Å²) in [6, 6.07) is 7.06. The first-order valence-electron chi connectivity index (χ1n) is 13.4. The van der Waals surface area contributed by atoms with Crippen molar-refractivity contribution in [2.24, 2.45) is 0 Å². The van der Waals surface area contributed by atoms with Gasteiger partial charge in [-0.25, -0.2) is 9.36 Å². The Morgan fingerprint density at radius 3 is 2.62 bits per heavy atom. The number of benzene rings is 1. The number of unbranched alkanes of at least 4 members (excludes halogenated alkanes) is 2. The molecule has 0 saturated carbocycles. The number of nitro groups is 1. The van der Waals surface area contributed by atoms with E-state index in [-0.39, 0.29) is 29.0 Å². The van der Waals surface area contributed by atoms with Crippen LogP contribution >= 0.6 is 27.7 Å². The van der Waals surface area contributed by atoms with Gasteiger partial charge in [0.15, 0.2) is 12.4 Å². The van der Waals surface area contributed by atoms with Crippen molar-refractivity contribution < 1.29 is 19.0 Å². The molecule has 0 aliphatic heterocycles. The first-order chi connectivity index (χ1) is 19.3. The molecule has 0 radical (unpaired) electrons. The van der Waals surface area contributed by atoms with Gasteiger partial charge in [-0.05, 0) is 54.4 Å². The first kappa shape index (κ1) is 31.3. The van der Waals surface area contributed by atoms with Crippen LogP contribution in [-0.4, -0.2) is 35.5 Å². The number of aromatic nitrogens is 1. The van der Waals surface area contributed by atoms with E-state index in [0.717, 1.165) is 19.3 Å². The number of aliphatic hydroxyl groups excluding tert-OH is 1. The molecule has 0 spiro atoms. The van der Waals surface area contributed by atoms with Crippen LogP contribution in [0.2, 0.25) is 0 Å². The van der Waals surface area contributed by atoms with Gasteiger partial charge in [-0.15, -0.1) is 11.8 Å². The third-order valence-corrected chi connectivity index (χ3v) is 8.38. The highest BCUT2D eigenvalue weighted by molar-refractivity contribution is 9.10. The van der Waals surface area contributed by atoms with E-state index in [1.165, 1.54) is 23.9 Å². The third-order valence-electron chi connectivity index (χ3n) is 6.53. The van der Waals surface area contributed by atoms with Crippen molar-refractivity contribution >= 4 is 61.7 Å². The minimum atomic E-state index is -0.607. The standard InChI is InChI=1S/C29H34BrN4O5S/c1-4-7-14-40-28-22-16-26(34(37)38)25(33(5-2)6-3)17-27(22)39-29(36)23(28)15-20(18-31)21-10-12-32(19-24(21)30)11-8-9-13-35/h10,12,15-17,19,35H,4-9,11,13-14H2,1-3H3/q+1. The van der Waals surface area contributed by atoms with Crippen LogP contribution in [0.1, 0.15) is 57.6 Å². The number of nitriles is 1. The number of fused-ring (bicyclic) bond motifs is 1. The molecule has 0 unspecified atom stereocenters. The molecule has 0 atom stereocenters. The second-order valence-corrected chi connectivity index (χ2v) is 11.1. The quantitative estimate of drug-likeness (QED) is 0.0417. The van der Waals surface area contributed by atoms with Gasteiger partial charge in [-0.3, -0.25) is 10.1 Å². The summed E-state index contributed by atoms with van der Waals surface area (Å²) in [6.45, 7) is 7.86. The average molecular weight is 631 g/mol. The molecule has 212 valence electrons. The molecule has 0 fully saturated rings. The zero-order chi connectivity index (χ0) is 29.2. The van der Waals surface area contributed by atoms with Gasteiger partial charge in [0.1, 0.15) is 17.8 Å². The SMILES string of the molecule is CCCCSc1c(C=C(C#N)c2cc[n+](CCCCO)cc2Br)c(=O)oc2cc(N(CC)CC)c([N+](=O)[O-])cc12. The summed E-state index contributed by atoms with van der Waals surface area (Å²) in [4.78, 5) is 27.5. The largest absolute Gasteiger partial charge is 0.422 e. The Labute approximate surface area is 246 Å². The Hall–Kier alpha value is -3.20. The van der Waals surface area contributed by atoms with Crippen LogP contribution in [0.3, 0.4) is 0 Å². The average Bonchev–Trinajstić information content (AvgIpc) is 2.93. The maximum absolute atomic E-state index is 13.4. The van der Waals surface area contributed by atoms with Crippen molar-refractivity contribution in [1.82, 2.24) is 0 Å². The fourth-order valence-corrected chi connectivity index (χ4v) is 6.22. The Kier molecular flexibility index (Phi) is 11.7. The minimum absolute atomic E-state index is 0.0608. The highest BCUT2D eigenvalue weighted by Crippen LogP contribution is 2.39. The van der Waals surface area contributed by atoms with Crippen LogP contribution in [-0.2, 0) is 6.54 Å². The van der Waals surface area contributed by atoms with Crippen LogP contribution in [0.15, 0.2) is 49.2 Å². The van der Waals surface area contributed by atoms with E-state index in [0.29, 0.717) is 57.8 Å². The topological polar surface area (TPSA) is 124 Å². The fourth-order valence-electron chi connectivity index (χ4n) is 4.36. The molecule has 0 aliphatic carbocycles. The molecule has 40 heavy (non-hydrogen) atoms. The van der Waals surface area contributed by atoms with Gasteiger partial charge in [0.05, 0.1) is 26.6 Å². The zero-order valence-corrected chi connectivity index (χ0v) is 25.4. The summed E-state index contributed by atoms with van der Waals surface area (Å²) in [5.74, 6) is 0.701. The fraction of sp³-hybridized carbons (Fsp3) is 0.414. The molecule has 2 aromatic heterocycles. The van der Waals surface area contributed by atoms with Crippen molar-refractivity contribution in [3.63, 3.8) is 0 Å². The molecular formula is C29H34BrN4O5S+. The number of halogens is 1. The molecule has 0 amide bonds. The number of anilines is 1. The van der Waals surface area contributed by atoms with Gasteiger partial charge < -0.3 is 14.4 Å². The van der Waals surface area contributed by atoms with Crippen molar-refractivity contribution in [2.45, 2.75) is 57.9 Å². The summed E-state index contributed by atoms with van der Waals surface area (Å²) in [5, 5.41) is 31.7. The molecule has 2 heterocycles. The smallest absolute Gasteiger partial charge is 0.344 e. The van der Waals surface area contributed by atoms with E-state index in [1.807, 2.05) is 35.7 Å². The Bertz CT molecular complexity index is 1490. The first-order valence-corrected chi connectivity index (χ1v) is 15.2. The Balaban J connectivity index is 2.23. The molecular weight excluding hydrogens is 596 g/mol. The molecule has 0 saturated heterocycles. The van der Waals surface area contributed by atoms with Crippen LogP contribution in [0.5, 0.6) is 0 Å². The van der Waals surface area contributed by atoms with E-state index in [9.17, 15) is 20.2 Å². The predicted octanol–water partition coefficient (Wildman–Crippen LogP) is 6.33. The Morgan fingerprint density at radius 1 is 1.27 bits per heavy atom. The number of aryl methyl sites for hydroxylation is 1. The summed E-state index contributed by atoms with van der Waals surface area (Å²) >= 11 is 4.99. The third kappa shape index (κ3) is 7.30. The molecule has 0 bridgehead atoms. The van der Waals surface area contributed by atoms with Crippen molar-refractivity contribution in [2.75, 3.05) is 30.3 Å². The second kappa shape index (κ2) is 15.0. The Morgan fingerprint density at radius 2 is 2.02 bits per heavy atom. The number of hydrogen-bond donors (Lipinski definition) is 1. The number of nitro benzene ring substituents is 1. The van der Waals surface area contributed by atoms with Crippen molar-refractivity contribution in [3.05, 3.63) is 66.7 Å². The molecule has 3 aromatic rings. The lowest BCUT2D eigenvalue weighted by atomic mass is 10.0. The maximum atomic E-state index is 13.4. The summed E-state index contributed by atoms with van der Waals surface area (Å²) in [5.41, 5.74) is 1.06. The van der Waals surface area contributed by atoms with E-state index in [1.54, 1.807) is 12.1 Å². The van der Waals surface area contributed by atoms with Gasteiger partial charge in [-0.1, -0.05) is 13.3 Å². The normalized spacial score (nSPS) is 11.6. The van der Waals surface area contributed by atoms with E-state index in [2.05, 4.69) is 28.9 Å². The summed E-state index contributed by atoms with van der Waals surface area (Å²) in [6.07, 6.45) is 8.56. The molecule has 3 rings (SSSR count). The lowest BCUT2D eigenvalue weighted by Crippen LogP contribution is -2.33. The number of thioether (sulfide) groups is 1. The van der Waals surface area contributed by atoms with Gasteiger partial charge >= 0.3 is 5.63 Å². The molecule has 11 heteroatoms. The lowest BCUT2D eigenvalue weighted by Gasteiger charge is -2.21. The van der Waals surface area contributed by atoms with Crippen LogP contribution < -0.4 is 15.1 Å². The van der Waals surface area contributed by atoms with E-state index >= 15 is 0 Å². The zero-order valence-electron chi connectivity index (χ0n) is 23.0. The summed E-state index contributed by atoms with van der Waals surface area (Å²) < 4.78 is 8.37. The highest BCUT2D eigenvalue weighted by Gasteiger charge is 2.24. The number of aliphatic hydroxyl groups is 1. The van der Waals surface area contributed by atoms with Gasteiger partial charge in [-0.2, -0.15) is 5.26 Å². The maximum Gasteiger partial charge on any atom is 0.344 e. The predicted molar refractivity (Wildman–Crippen MR) is 162 cm³/mol. The number of pyridine rings is 1. The molecule has 1 aromatic carbocycles. The van der Waals surface area contributed by atoms with Crippen molar-refractivity contribution in [1.29, 1.82) is 5.26 Å². The monoisotopic (exact) mass is 629 g/mol. The number of allylic oxidation sites excluding steroid dienone is 1.